The fraction of sp³-hybridized carbons (Fsp3) is 0.286. The van der Waals surface area contributed by atoms with Gasteiger partial charge in [0.25, 0.3) is 0 Å². The monoisotopic (exact) mass is 296 g/mol. The lowest BCUT2D eigenvalue weighted by Crippen LogP contribution is -2.02. The molecule has 0 bridgehead atoms. The van der Waals surface area contributed by atoms with Crippen LogP contribution in [-0.2, 0) is 16.0 Å². The Bertz CT molecular complexity index is 543. The molecule has 0 aliphatic heterocycles. The molecule has 3 nitrogen and oxygen atoms in total. The van der Waals surface area contributed by atoms with Crippen LogP contribution in [0.4, 0.5) is 0 Å². The molecule has 0 heterocycles. The van der Waals surface area contributed by atoms with E-state index >= 15 is 0 Å². The topological polar surface area (TPSA) is 54.4 Å². The quantitative estimate of drug-likeness (QED) is 0.685. The van der Waals surface area contributed by atoms with E-state index in [0.29, 0.717) is 28.3 Å². The molecule has 0 radical (unpaired) electrons. The molecule has 1 aromatic rings. The van der Waals surface area contributed by atoms with E-state index in [9.17, 15) is 9.59 Å². The Hall–Kier alpha value is -1.44. The van der Waals surface area contributed by atoms with Gasteiger partial charge in [0.2, 0.25) is 0 Å². The lowest BCUT2D eigenvalue weighted by Gasteiger charge is -2.02. The fourth-order valence-electron chi connectivity index (χ4n) is 1.39. The minimum atomic E-state index is -0.905. The Morgan fingerprint density at radius 3 is 2.79 bits per heavy atom. The highest BCUT2D eigenvalue weighted by molar-refractivity contribution is 8.13. The van der Waals surface area contributed by atoms with Crippen LogP contribution in [0.1, 0.15) is 24.5 Å². The van der Waals surface area contributed by atoms with Gasteiger partial charge in [0, 0.05) is 29.7 Å². The van der Waals surface area contributed by atoms with Crippen LogP contribution in [0.2, 0.25) is 5.02 Å². The number of carbonyl (C=O) groups excluding carboxylic acids is 1. The number of thioether (sulfide) groups is 1. The summed E-state index contributed by atoms with van der Waals surface area (Å²) in [4.78, 5) is 21.5. The number of carbonyl (C=O) groups is 2. The molecule has 0 aliphatic carbocycles. The average Bonchev–Trinajstić information content (AvgIpc) is 2.31. The summed E-state index contributed by atoms with van der Waals surface area (Å²) in [5, 5.41) is 9.40. The summed E-state index contributed by atoms with van der Waals surface area (Å²) in [5.74, 6) is 5.57. The molecule has 0 atom stereocenters. The maximum Gasteiger partial charge on any atom is 0.307 e. The van der Waals surface area contributed by atoms with Gasteiger partial charge < -0.3 is 5.11 Å². The third-order valence-electron chi connectivity index (χ3n) is 2.17. The Kier molecular flexibility index (Phi) is 6.48. The van der Waals surface area contributed by atoms with Crippen molar-refractivity contribution in [2.24, 2.45) is 0 Å². The molecule has 0 amide bonds. The number of carboxylic acid groups (broad SMARTS) is 1. The second-order valence-corrected chi connectivity index (χ2v) is 5.47. The van der Waals surface area contributed by atoms with Crippen LogP contribution in [0.15, 0.2) is 18.2 Å². The third-order valence-corrected chi connectivity index (χ3v) is 3.22. The number of hydrogen-bond acceptors (Lipinski definition) is 3. The van der Waals surface area contributed by atoms with Crippen molar-refractivity contribution in [3.05, 3.63) is 34.3 Å². The van der Waals surface area contributed by atoms with E-state index in [1.165, 1.54) is 18.7 Å². The molecule has 0 saturated carbocycles. The Morgan fingerprint density at radius 1 is 1.42 bits per heavy atom. The summed E-state index contributed by atoms with van der Waals surface area (Å²) in [6.07, 6.45) is 0.493. The standard InChI is InChI=1S/C14H13ClO3S/c1-10(16)19-7-3-2-4-11-8-13(15)6-5-12(11)9-14(17)18/h5-6,8H,3,7,9H2,1H3,(H,17,18). The summed E-state index contributed by atoms with van der Waals surface area (Å²) in [6.45, 7) is 1.51. The minimum absolute atomic E-state index is 0.0659. The van der Waals surface area contributed by atoms with Gasteiger partial charge in [0.15, 0.2) is 5.12 Å². The summed E-state index contributed by atoms with van der Waals surface area (Å²) in [7, 11) is 0. The van der Waals surface area contributed by atoms with Crippen LogP contribution in [0.5, 0.6) is 0 Å². The number of carboxylic acids is 1. The number of benzene rings is 1. The van der Waals surface area contributed by atoms with Crippen LogP contribution in [-0.4, -0.2) is 21.9 Å². The van der Waals surface area contributed by atoms with Gasteiger partial charge >= 0.3 is 5.97 Å². The Balaban J connectivity index is 2.75. The van der Waals surface area contributed by atoms with Crippen LogP contribution < -0.4 is 0 Å². The molecule has 1 aromatic carbocycles. The van der Waals surface area contributed by atoms with E-state index in [1.807, 2.05) is 0 Å². The predicted molar refractivity (Wildman–Crippen MR) is 77.4 cm³/mol. The smallest absolute Gasteiger partial charge is 0.307 e. The van der Waals surface area contributed by atoms with E-state index in [-0.39, 0.29) is 11.5 Å². The molecular formula is C14H13ClO3S. The van der Waals surface area contributed by atoms with Crippen molar-refractivity contribution in [2.75, 3.05) is 5.75 Å². The first-order chi connectivity index (χ1) is 8.99. The maximum atomic E-state index is 10.7. The number of hydrogen-bond donors (Lipinski definition) is 1. The van der Waals surface area contributed by atoms with Gasteiger partial charge in [-0.05, 0) is 17.7 Å². The molecule has 5 heteroatoms. The van der Waals surface area contributed by atoms with Gasteiger partial charge in [0.1, 0.15) is 0 Å². The average molecular weight is 297 g/mol. The molecule has 0 aliphatic rings. The zero-order valence-electron chi connectivity index (χ0n) is 10.4. The summed E-state index contributed by atoms with van der Waals surface area (Å²) < 4.78 is 0. The van der Waals surface area contributed by atoms with Crippen molar-refractivity contribution < 1.29 is 14.7 Å². The van der Waals surface area contributed by atoms with Crippen molar-refractivity contribution in [3.63, 3.8) is 0 Å². The molecule has 100 valence electrons. The molecule has 0 unspecified atom stereocenters. The van der Waals surface area contributed by atoms with Crippen LogP contribution in [0, 0.1) is 11.8 Å². The normalized spacial score (nSPS) is 9.58. The predicted octanol–water partition coefficient (Wildman–Crippen LogP) is 2.99. The second-order valence-electron chi connectivity index (χ2n) is 3.76. The van der Waals surface area contributed by atoms with Crippen molar-refractivity contribution in [1.29, 1.82) is 0 Å². The van der Waals surface area contributed by atoms with Crippen molar-refractivity contribution >= 4 is 34.4 Å². The first kappa shape index (κ1) is 15.6. The Labute approximate surface area is 121 Å². The molecule has 0 saturated heterocycles. The minimum Gasteiger partial charge on any atom is -0.481 e. The van der Waals surface area contributed by atoms with Crippen molar-refractivity contribution in [1.82, 2.24) is 0 Å². The molecule has 1 N–H and O–H groups in total. The van der Waals surface area contributed by atoms with E-state index in [1.54, 1.807) is 18.2 Å². The molecule has 0 aromatic heterocycles. The first-order valence-corrected chi connectivity index (χ1v) is 6.98. The van der Waals surface area contributed by atoms with E-state index in [0.717, 1.165) is 0 Å². The van der Waals surface area contributed by atoms with Crippen LogP contribution >= 0.6 is 23.4 Å². The second kappa shape index (κ2) is 7.88. The van der Waals surface area contributed by atoms with Crippen molar-refractivity contribution in [2.45, 2.75) is 19.8 Å². The SMILES string of the molecule is CC(=O)SCCC#Cc1cc(Cl)ccc1CC(=O)O. The maximum absolute atomic E-state index is 10.7. The number of aliphatic carboxylic acids is 1. The number of halogens is 1. The molecular weight excluding hydrogens is 284 g/mol. The fourth-order valence-corrected chi connectivity index (χ4v) is 2.05. The van der Waals surface area contributed by atoms with Gasteiger partial charge in [-0.1, -0.05) is 41.3 Å². The molecule has 19 heavy (non-hydrogen) atoms. The lowest BCUT2D eigenvalue weighted by atomic mass is 10.0. The lowest BCUT2D eigenvalue weighted by molar-refractivity contribution is -0.136. The molecule has 1 rings (SSSR count). The molecule has 0 spiro atoms. The van der Waals surface area contributed by atoms with Gasteiger partial charge in [-0.3, -0.25) is 9.59 Å². The Morgan fingerprint density at radius 2 is 2.16 bits per heavy atom. The highest BCUT2D eigenvalue weighted by Crippen LogP contribution is 2.16. The zero-order valence-corrected chi connectivity index (χ0v) is 12.0. The summed E-state index contributed by atoms with van der Waals surface area (Å²) in [5.41, 5.74) is 1.27. The molecule has 0 fully saturated rings. The van der Waals surface area contributed by atoms with E-state index in [2.05, 4.69) is 11.8 Å². The highest BCUT2D eigenvalue weighted by Gasteiger charge is 2.05. The van der Waals surface area contributed by atoms with Gasteiger partial charge in [0.05, 0.1) is 6.42 Å². The van der Waals surface area contributed by atoms with E-state index < -0.39 is 5.97 Å². The van der Waals surface area contributed by atoms with Crippen molar-refractivity contribution in [3.8, 4) is 11.8 Å². The first-order valence-electron chi connectivity index (χ1n) is 5.61. The highest BCUT2D eigenvalue weighted by atomic mass is 35.5. The van der Waals surface area contributed by atoms with Gasteiger partial charge in [-0.15, -0.1) is 0 Å². The van der Waals surface area contributed by atoms with Gasteiger partial charge in [-0.25, -0.2) is 0 Å². The van der Waals surface area contributed by atoms with Crippen LogP contribution in [0.3, 0.4) is 0 Å². The zero-order chi connectivity index (χ0) is 14.3. The largest absolute Gasteiger partial charge is 0.481 e. The summed E-state index contributed by atoms with van der Waals surface area (Å²) in [6, 6.07) is 4.98. The van der Waals surface area contributed by atoms with Crippen LogP contribution in [0.25, 0.3) is 0 Å². The summed E-state index contributed by atoms with van der Waals surface area (Å²) >= 11 is 7.09. The third kappa shape index (κ3) is 6.32. The number of rotatable bonds is 4. The van der Waals surface area contributed by atoms with E-state index in [4.69, 9.17) is 16.7 Å². The van der Waals surface area contributed by atoms with Gasteiger partial charge in [-0.2, -0.15) is 0 Å².